The van der Waals surface area contributed by atoms with Gasteiger partial charge in [0, 0.05) is 12.1 Å². The fourth-order valence-corrected chi connectivity index (χ4v) is 6.03. The lowest BCUT2D eigenvalue weighted by Gasteiger charge is -2.46. The van der Waals surface area contributed by atoms with E-state index in [1.54, 1.807) is 4.90 Å². The molecule has 0 aromatic heterocycles. The fourth-order valence-electron chi connectivity index (χ4n) is 6.03. The van der Waals surface area contributed by atoms with Crippen LogP contribution in [0.25, 0.3) is 0 Å². The number of Topliss-reactive ketones (excluding diaryl/α,β-unsaturated/α-hetero) is 1. The quantitative estimate of drug-likeness (QED) is 0.454. The number of carbonyl (C=O) groups excluding carboxylic acids is 4. The first-order valence-corrected chi connectivity index (χ1v) is 13.5. The molecule has 2 aliphatic carbocycles. The van der Waals surface area contributed by atoms with Gasteiger partial charge in [0.1, 0.15) is 12.1 Å². The van der Waals surface area contributed by atoms with Crippen LogP contribution in [0.15, 0.2) is 0 Å². The van der Waals surface area contributed by atoms with E-state index in [1.165, 1.54) is 0 Å². The third-order valence-corrected chi connectivity index (χ3v) is 8.19. The highest BCUT2D eigenvalue weighted by molar-refractivity contribution is 5.97. The third kappa shape index (κ3) is 6.03. The molecular formula is C27H47N5O4. The van der Waals surface area contributed by atoms with E-state index in [1.807, 2.05) is 41.5 Å². The summed E-state index contributed by atoms with van der Waals surface area (Å²) < 4.78 is 0. The van der Waals surface area contributed by atoms with E-state index >= 15 is 0 Å². The average Bonchev–Trinajstić information content (AvgIpc) is 3.15. The summed E-state index contributed by atoms with van der Waals surface area (Å²) in [6.07, 6.45) is 3.32. The molecule has 3 rings (SSSR count). The molecule has 3 aliphatic rings. The van der Waals surface area contributed by atoms with Crippen LogP contribution in [0.1, 0.15) is 81.1 Å². The Bertz CT molecular complexity index is 874. The van der Waals surface area contributed by atoms with E-state index in [-0.39, 0.29) is 35.4 Å². The number of nitrogens with two attached hydrogens (primary N) is 1. The average molecular weight is 506 g/mol. The van der Waals surface area contributed by atoms with Crippen molar-refractivity contribution in [1.29, 1.82) is 0 Å². The van der Waals surface area contributed by atoms with E-state index in [2.05, 4.69) is 29.8 Å². The summed E-state index contributed by atoms with van der Waals surface area (Å²) in [4.78, 5) is 54.8. The number of urea groups is 1. The maximum Gasteiger partial charge on any atom is 0.315 e. The number of fused-ring (bicyclic) bond motifs is 1. The smallest absolute Gasteiger partial charge is 0.315 e. The molecule has 4 amide bonds. The van der Waals surface area contributed by atoms with Gasteiger partial charge in [-0.15, -0.1) is 0 Å². The maximum absolute atomic E-state index is 13.9. The van der Waals surface area contributed by atoms with Crippen molar-refractivity contribution in [2.24, 2.45) is 34.8 Å². The molecule has 1 heterocycles. The van der Waals surface area contributed by atoms with Crippen LogP contribution in [-0.4, -0.2) is 64.8 Å². The first-order chi connectivity index (χ1) is 16.5. The number of carbonyl (C=O) groups is 4. The van der Waals surface area contributed by atoms with Crippen molar-refractivity contribution in [1.82, 2.24) is 20.9 Å². The maximum atomic E-state index is 13.9. The second-order valence-electron chi connectivity index (χ2n) is 13.5. The second kappa shape index (κ2) is 10.3. The van der Waals surface area contributed by atoms with Crippen molar-refractivity contribution in [3.8, 4) is 0 Å². The van der Waals surface area contributed by atoms with Gasteiger partial charge in [-0.3, -0.25) is 14.4 Å². The number of nitrogens with zero attached hydrogens (tertiary/aromatic N) is 1. The lowest BCUT2D eigenvalue weighted by molar-refractivity contribution is -0.144. The number of hydrogen-bond donors (Lipinski definition) is 4. The molecule has 1 saturated heterocycles. The third-order valence-electron chi connectivity index (χ3n) is 8.19. The van der Waals surface area contributed by atoms with Crippen molar-refractivity contribution < 1.29 is 19.2 Å². The standard InChI is InChI=1S/C27H47N5O4/c1-14(2)16-11-12-32(24(35)22(26(3,4)5)30-25(36)31-27(6,7)8)20(16)23(34)29-18-13-15-9-10-17(15)19(28)21(18)33/h14-20,22H,9-13,28H2,1-8H3,(H,29,34)(H2,30,31,36)/t15?,16-,17?,18+,19?,20+,22-/m1/s1. The Morgan fingerprint density at radius 3 is 2.17 bits per heavy atom. The van der Waals surface area contributed by atoms with Crippen LogP contribution in [-0.2, 0) is 14.4 Å². The second-order valence-corrected chi connectivity index (χ2v) is 13.5. The van der Waals surface area contributed by atoms with Crippen molar-refractivity contribution >= 4 is 23.6 Å². The molecule has 1 aliphatic heterocycles. The van der Waals surface area contributed by atoms with Gasteiger partial charge in [-0.05, 0) is 75.5 Å². The van der Waals surface area contributed by atoms with Gasteiger partial charge in [0.25, 0.3) is 0 Å². The molecule has 36 heavy (non-hydrogen) atoms. The lowest BCUT2D eigenvalue weighted by Crippen LogP contribution is -2.64. The lowest BCUT2D eigenvalue weighted by atomic mass is 9.61. The number of rotatable bonds is 5. The van der Waals surface area contributed by atoms with Crippen LogP contribution in [0.4, 0.5) is 4.79 Å². The Morgan fingerprint density at radius 1 is 1.03 bits per heavy atom. The molecule has 0 bridgehead atoms. The SMILES string of the molecule is CC(C)[C@H]1CCN(C(=O)[C@@H](NC(=O)NC(C)(C)C)C(C)(C)C)[C@@H]1C(=O)N[C@H]1CC2CCC2C(N)C1=O. The summed E-state index contributed by atoms with van der Waals surface area (Å²) in [5.41, 5.74) is 5.17. The number of amides is 4. The van der Waals surface area contributed by atoms with Crippen LogP contribution in [0.2, 0.25) is 0 Å². The highest BCUT2D eigenvalue weighted by atomic mass is 16.2. The van der Waals surface area contributed by atoms with E-state index in [9.17, 15) is 19.2 Å². The summed E-state index contributed by atoms with van der Waals surface area (Å²) in [6.45, 7) is 15.8. The zero-order chi connectivity index (χ0) is 27.2. The van der Waals surface area contributed by atoms with Gasteiger partial charge < -0.3 is 26.6 Å². The van der Waals surface area contributed by atoms with Crippen LogP contribution >= 0.6 is 0 Å². The van der Waals surface area contributed by atoms with Gasteiger partial charge >= 0.3 is 6.03 Å². The molecule has 0 spiro atoms. The number of likely N-dealkylation sites (tertiary alicyclic amines) is 1. The van der Waals surface area contributed by atoms with Gasteiger partial charge in [0.15, 0.2) is 5.78 Å². The molecular weight excluding hydrogens is 458 g/mol. The zero-order valence-electron chi connectivity index (χ0n) is 23.3. The Morgan fingerprint density at radius 2 is 1.67 bits per heavy atom. The molecule has 3 fully saturated rings. The summed E-state index contributed by atoms with van der Waals surface area (Å²) in [7, 11) is 0. The molecule has 7 atom stereocenters. The van der Waals surface area contributed by atoms with Crippen LogP contribution in [0.5, 0.6) is 0 Å². The molecule has 2 saturated carbocycles. The predicted molar refractivity (Wildman–Crippen MR) is 139 cm³/mol. The molecule has 5 N–H and O–H groups in total. The van der Waals surface area contributed by atoms with Gasteiger partial charge in [0.05, 0.1) is 12.1 Å². The molecule has 0 radical (unpaired) electrons. The first kappa shape index (κ1) is 28.4. The molecule has 0 aromatic rings. The zero-order valence-corrected chi connectivity index (χ0v) is 23.3. The van der Waals surface area contributed by atoms with Crippen LogP contribution < -0.4 is 21.7 Å². The minimum atomic E-state index is -0.818. The molecule has 0 aromatic carbocycles. The van der Waals surface area contributed by atoms with Crippen molar-refractivity contribution in [2.45, 2.75) is 111 Å². The normalized spacial score (nSPS) is 31.4. The van der Waals surface area contributed by atoms with E-state index in [0.29, 0.717) is 25.3 Å². The largest absolute Gasteiger partial charge is 0.344 e. The van der Waals surface area contributed by atoms with Crippen molar-refractivity contribution in [3.63, 3.8) is 0 Å². The molecule has 9 nitrogen and oxygen atoms in total. The van der Waals surface area contributed by atoms with Gasteiger partial charge in [-0.25, -0.2) is 4.79 Å². The summed E-state index contributed by atoms with van der Waals surface area (Å²) in [5.74, 6) is 0.0630. The van der Waals surface area contributed by atoms with Crippen LogP contribution in [0.3, 0.4) is 0 Å². The number of nitrogens with one attached hydrogen (secondary N) is 3. The van der Waals surface area contributed by atoms with Gasteiger partial charge in [-0.2, -0.15) is 0 Å². The monoisotopic (exact) mass is 505 g/mol. The van der Waals surface area contributed by atoms with Crippen molar-refractivity contribution in [3.05, 3.63) is 0 Å². The summed E-state index contributed by atoms with van der Waals surface area (Å²) in [5, 5.41) is 8.70. The minimum Gasteiger partial charge on any atom is -0.344 e. The Labute approximate surface area is 216 Å². The highest BCUT2D eigenvalue weighted by Crippen LogP contribution is 2.43. The van der Waals surface area contributed by atoms with Crippen LogP contribution in [0, 0.1) is 29.1 Å². The minimum absolute atomic E-state index is 0.0400. The highest BCUT2D eigenvalue weighted by Gasteiger charge is 2.50. The summed E-state index contributed by atoms with van der Waals surface area (Å²) in [6, 6.07) is -3.07. The first-order valence-electron chi connectivity index (χ1n) is 13.5. The molecule has 3 unspecified atom stereocenters. The van der Waals surface area contributed by atoms with Gasteiger partial charge in [0.2, 0.25) is 11.8 Å². The Hall–Kier alpha value is -2.16. The number of hydrogen-bond acceptors (Lipinski definition) is 5. The predicted octanol–water partition coefficient (Wildman–Crippen LogP) is 2.18. The Kier molecular flexibility index (Phi) is 8.13. The van der Waals surface area contributed by atoms with Gasteiger partial charge in [-0.1, -0.05) is 34.6 Å². The topological polar surface area (TPSA) is 134 Å². The fraction of sp³-hybridized carbons (Fsp3) is 0.852. The molecule has 9 heteroatoms. The van der Waals surface area contributed by atoms with E-state index in [0.717, 1.165) is 12.8 Å². The number of ketones is 1. The molecule has 204 valence electrons. The Balaban J connectivity index is 1.81. The summed E-state index contributed by atoms with van der Waals surface area (Å²) >= 11 is 0. The van der Waals surface area contributed by atoms with Crippen molar-refractivity contribution in [2.75, 3.05) is 6.54 Å². The van der Waals surface area contributed by atoms with E-state index < -0.39 is 41.2 Å². The van der Waals surface area contributed by atoms with E-state index in [4.69, 9.17) is 5.73 Å².